The van der Waals surface area contributed by atoms with Crippen LogP contribution in [0.1, 0.15) is 18.9 Å². The largest absolute Gasteiger partial charge is 0.314 e. The number of nitrogens with zero attached hydrogens (tertiary/aromatic N) is 1. The van der Waals surface area contributed by atoms with Gasteiger partial charge in [0, 0.05) is 37.8 Å². The molecule has 1 atom stereocenters. The van der Waals surface area contributed by atoms with Gasteiger partial charge in [0.05, 0.1) is 0 Å². The standard InChI is InChI=1S/C13H19FN2/c1-2-12-9-15-7-8-16(12)10-11-5-3-4-6-13(11)14/h3-6,12,15H,2,7-10H2,1H3. The average Bonchev–Trinajstić information content (AvgIpc) is 2.33. The maximum atomic E-state index is 13.5. The molecule has 1 aromatic rings. The molecule has 1 unspecified atom stereocenters. The first-order chi connectivity index (χ1) is 7.81. The molecule has 2 rings (SSSR count). The molecule has 88 valence electrons. The summed E-state index contributed by atoms with van der Waals surface area (Å²) in [6.07, 6.45) is 1.11. The fourth-order valence-electron chi connectivity index (χ4n) is 2.26. The van der Waals surface area contributed by atoms with Crippen molar-refractivity contribution in [1.82, 2.24) is 10.2 Å². The van der Waals surface area contributed by atoms with Crippen molar-refractivity contribution in [1.29, 1.82) is 0 Å². The van der Waals surface area contributed by atoms with Crippen LogP contribution in [0, 0.1) is 5.82 Å². The van der Waals surface area contributed by atoms with Crippen LogP contribution < -0.4 is 5.32 Å². The van der Waals surface area contributed by atoms with E-state index < -0.39 is 0 Å². The van der Waals surface area contributed by atoms with E-state index in [0.29, 0.717) is 6.04 Å². The summed E-state index contributed by atoms with van der Waals surface area (Å²) in [5.74, 6) is -0.0871. The van der Waals surface area contributed by atoms with Crippen LogP contribution in [0.4, 0.5) is 4.39 Å². The molecule has 0 saturated carbocycles. The fourth-order valence-corrected chi connectivity index (χ4v) is 2.26. The second-order valence-electron chi connectivity index (χ2n) is 4.33. The van der Waals surface area contributed by atoms with Gasteiger partial charge in [0.25, 0.3) is 0 Å². The lowest BCUT2D eigenvalue weighted by Gasteiger charge is -2.35. The summed E-state index contributed by atoms with van der Waals surface area (Å²) in [6, 6.07) is 7.60. The van der Waals surface area contributed by atoms with Crippen LogP contribution in [0.5, 0.6) is 0 Å². The average molecular weight is 222 g/mol. The number of nitrogens with one attached hydrogen (secondary N) is 1. The SMILES string of the molecule is CCC1CNCCN1Cc1ccccc1F. The first kappa shape index (κ1) is 11.6. The van der Waals surface area contributed by atoms with E-state index in [9.17, 15) is 4.39 Å². The Balaban J connectivity index is 2.05. The van der Waals surface area contributed by atoms with Crippen LogP contribution in [0.2, 0.25) is 0 Å². The lowest BCUT2D eigenvalue weighted by atomic mass is 10.1. The van der Waals surface area contributed by atoms with Crippen molar-refractivity contribution >= 4 is 0 Å². The number of piperazine rings is 1. The minimum Gasteiger partial charge on any atom is -0.314 e. The predicted octanol–water partition coefficient (Wildman–Crippen LogP) is 2.01. The minimum atomic E-state index is -0.0871. The third-order valence-corrected chi connectivity index (χ3v) is 3.27. The second kappa shape index (κ2) is 5.41. The van der Waals surface area contributed by atoms with Crippen molar-refractivity contribution < 1.29 is 4.39 Å². The van der Waals surface area contributed by atoms with Gasteiger partial charge in [0.2, 0.25) is 0 Å². The minimum absolute atomic E-state index is 0.0871. The zero-order valence-electron chi connectivity index (χ0n) is 9.75. The van der Waals surface area contributed by atoms with Crippen LogP contribution >= 0.6 is 0 Å². The normalized spacial score (nSPS) is 22.2. The maximum Gasteiger partial charge on any atom is 0.127 e. The van der Waals surface area contributed by atoms with Gasteiger partial charge < -0.3 is 5.32 Å². The van der Waals surface area contributed by atoms with Gasteiger partial charge in [-0.2, -0.15) is 0 Å². The van der Waals surface area contributed by atoms with E-state index in [2.05, 4.69) is 17.1 Å². The van der Waals surface area contributed by atoms with Crippen molar-refractivity contribution in [3.8, 4) is 0 Å². The van der Waals surface area contributed by atoms with Crippen LogP contribution in [0.3, 0.4) is 0 Å². The maximum absolute atomic E-state index is 13.5. The van der Waals surface area contributed by atoms with Crippen LogP contribution in [-0.4, -0.2) is 30.6 Å². The highest BCUT2D eigenvalue weighted by molar-refractivity contribution is 5.17. The Bertz CT molecular complexity index is 340. The number of rotatable bonds is 3. The topological polar surface area (TPSA) is 15.3 Å². The Labute approximate surface area is 96.5 Å². The fraction of sp³-hybridized carbons (Fsp3) is 0.538. The summed E-state index contributed by atoms with van der Waals surface area (Å²) in [5, 5.41) is 3.38. The lowest BCUT2D eigenvalue weighted by molar-refractivity contribution is 0.147. The number of hydrogen-bond acceptors (Lipinski definition) is 2. The van der Waals surface area contributed by atoms with Gasteiger partial charge in [-0.3, -0.25) is 4.90 Å². The predicted molar refractivity (Wildman–Crippen MR) is 63.8 cm³/mol. The molecule has 1 aliphatic heterocycles. The van der Waals surface area contributed by atoms with Crippen molar-refractivity contribution in [2.24, 2.45) is 0 Å². The summed E-state index contributed by atoms with van der Waals surface area (Å²) in [6.45, 7) is 5.95. The number of benzene rings is 1. The summed E-state index contributed by atoms with van der Waals surface area (Å²) >= 11 is 0. The molecule has 1 aliphatic rings. The van der Waals surface area contributed by atoms with Gasteiger partial charge in [-0.25, -0.2) is 4.39 Å². The molecule has 1 fully saturated rings. The molecule has 2 nitrogen and oxygen atoms in total. The first-order valence-electron chi connectivity index (χ1n) is 5.99. The molecule has 0 aromatic heterocycles. The lowest BCUT2D eigenvalue weighted by Crippen LogP contribution is -2.50. The number of hydrogen-bond donors (Lipinski definition) is 1. The molecule has 1 heterocycles. The molecule has 0 spiro atoms. The summed E-state index contributed by atoms with van der Waals surface area (Å²) in [5.41, 5.74) is 0.808. The Morgan fingerprint density at radius 3 is 3.00 bits per heavy atom. The molecule has 16 heavy (non-hydrogen) atoms. The summed E-state index contributed by atoms with van der Waals surface area (Å²) < 4.78 is 13.5. The molecule has 1 aromatic carbocycles. The van der Waals surface area contributed by atoms with Gasteiger partial charge >= 0.3 is 0 Å². The van der Waals surface area contributed by atoms with Gasteiger partial charge in [-0.15, -0.1) is 0 Å². The van der Waals surface area contributed by atoms with Crippen LogP contribution in [0.25, 0.3) is 0 Å². The molecule has 0 aliphatic carbocycles. The highest BCUT2D eigenvalue weighted by atomic mass is 19.1. The third-order valence-electron chi connectivity index (χ3n) is 3.27. The van der Waals surface area contributed by atoms with E-state index in [1.54, 1.807) is 12.1 Å². The Morgan fingerprint density at radius 2 is 2.25 bits per heavy atom. The Morgan fingerprint density at radius 1 is 1.44 bits per heavy atom. The van der Waals surface area contributed by atoms with Crippen molar-refractivity contribution in [2.75, 3.05) is 19.6 Å². The molecule has 1 N–H and O–H groups in total. The van der Waals surface area contributed by atoms with Gasteiger partial charge in [0.1, 0.15) is 5.82 Å². The smallest absolute Gasteiger partial charge is 0.127 e. The van der Waals surface area contributed by atoms with Crippen molar-refractivity contribution in [3.63, 3.8) is 0 Å². The molecular weight excluding hydrogens is 203 g/mol. The van der Waals surface area contributed by atoms with Crippen molar-refractivity contribution in [2.45, 2.75) is 25.9 Å². The van der Waals surface area contributed by atoms with Crippen LogP contribution in [0.15, 0.2) is 24.3 Å². The first-order valence-corrected chi connectivity index (χ1v) is 5.99. The monoisotopic (exact) mass is 222 g/mol. The zero-order valence-corrected chi connectivity index (χ0v) is 9.75. The van der Waals surface area contributed by atoms with E-state index >= 15 is 0 Å². The molecule has 3 heteroatoms. The number of halogens is 1. The highest BCUT2D eigenvalue weighted by Gasteiger charge is 2.21. The van der Waals surface area contributed by atoms with Crippen LogP contribution in [-0.2, 0) is 6.54 Å². The van der Waals surface area contributed by atoms with E-state index in [0.717, 1.165) is 38.2 Å². The Kier molecular flexibility index (Phi) is 3.91. The second-order valence-corrected chi connectivity index (χ2v) is 4.33. The van der Waals surface area contributed by atoms with Gasteiger partial charge in [-0.1, -0.05) is 25.1 Å². The highest BCUT2D eigenvalue weighted by Crippen LogP contribution is 2.14. The third kappa shape index (κ3) is 2.60. The molecule has 1 saturated heterocycles. The van der Waals surface area contributed by atoms with Crippen molar-refractivity contribution in [3.05, 3.63) is 35.6 Å². The van der Waals surface area contributed by atoms with Gasteiger partial charge in [-0.05, 0) is 12.5 Å². The molecule has 0 bridgehead atoms. The molecule has 0 radical (unpaired) electrons. The van der Waals surface area contributed by atoms with E-state index in [1.165, 1.54) is 0 Å². The van der Waals surface area contributed by atoms with Gasteiger partial charge in [0.15, 0.2) is 0 Å². The quantitative estimate of drug-likeness (QED) is 0.841. The summed E-state index contributed by atoms with van der Waals surface area (Å²) in [4.78, 5) is 2.37. The Hall–Kier alpha value is -0.930. The molecular formula is C13H19FN2. The van der Waals surface area contributed by atoms with E-state index in [4.69, 9.17) is 0 Å². The van der Waals surface area contributed by atoms with E-state index in [1.807, 2.05) is 12.1 Å². The summed E-state index contributed by atoms with van der Waals surface area (Å²) in [7, 11) is 0. The molecule has 0 amide bonds. The van der Waals surface area contributed by atoms with E-state index in [-0.39, 0.29) is 5.82 Å². The zero-order chi connectivity index (χ0) is 11.4.